The summed E-state index contributed by atoms with van der Waals surface area (Å²) in [7, 11) is 0. The van der Waals surface area contributed by atoms with Crippen molar-refractivity contribution in [3.63, 3.8) is 0 Å². The predicted octanol–water partition coefficient (Wildman–Crippen LogP) is 4.32. The molecule has 0 saturated heterocycles. The number of nitrogens with one attached hydrogen (secondary N) is 1. The van der Waals surface area contributed by atoms with Gasteiger partial charge in [-0.15, -0.1) is 11.3 Å². The molecule has 0 unspecified atom stereocenters. The fourth-order valence-electron chi connectivity index (χ4n) is 3.15. The molecular formula is C22H26N2O5S. The molecule has 30 heavy (non-hydrogen) atoms. The minimum atomic E-state index is -0.858. The Balaban J connectivity index is 1.92. The number of rotatable bonds is 7. The Morgan fingerprint density at radius 3 is 2.67 bits per heavy atom. The molecule has 0 spiro atoms. The molecule has 1 aromatic heterocycles. The van der Waals surface area contributed by atoms with Crippen LogP contribution in [0.25, 0.3) is 16.1 Å². The van der Waals surface area contributed by atoms with E-state index < -0.39 is 11.7 Å². The Morgan fingerprint density at radius 2 is 1.97 bits per heavy atom. The molecule has 0 atom stereocenters. The number of amides is 1. The van der Waals surface area contributed by atoms with Gasteiger partial charge >= 0.3 is 6.16 Å². The van der Waals surface area contributed by atoms with Gasteiger partial charge in [0.1, 0.15) is 22.9 Å². The van der Waals surface area contributed by atoms with E-state index in [9.17, 15) is 9.59 Å². The van der Waals surface area contributed by atoms with E-state index in [2.05, 4.69) is 5.32 Å². The van der Waals surface area contributed by atoms with Gasteiger partial charge in [0.15, 0.2) is 0 Å². The van der Waals surface area contributed by atoms with Crippen molar-refractivity contribution in [3.05, 3.63) is 46.7 Å². The molecule has 3 rings (SSSR count). The van der Waals surface area contributed by atoms with Crippen molar-refractivity contribution in [2.45, 2.75) is 39.7 Å². The van der Waals surface area contributed by atoms with E-state index in [1.165, 1.54) is 11.3 Å². The fourth-order valence-corrected chi connectivity index (χ4v) is 4.07. The lowest BCUT2D eigenvalue weighted by Crippen LogP contribution is -2.48. The topological polar surface area (TPSA) is 86.8 Å². The Labute approximate surface area is 180 Å². The van der Waals surface area contributed by atoms with Gasteiger partial charge in [0.25, 0.3) is 5.91 Å². The highest BCUT2D eigenvalue weighted by Gasteiger charge is 2.37. The summed E-state index contributed by atoms with van der Waals surface area (Å²) in [4.78, 5) is 30.7. The first-order valence-electron chi connectivity index (χ1n) is 9.82. The van der Waals surface area contributed by atoms with Crippen LogP contribution >= 0.6 is 11.3 Å². The first-order valence-corrected chi connectivity index (χ1v) is 10.6. The number of benzene rings is 1. The molecule has 1 aliphatic rings. The third-order valence-corrected chi connectivity index (χ3v) is 5.49. The highest BCUT2D eigenvalue weighted by Crippen LogP contribution is 2.36. The monoisotopic (exact) mass is 430 g/mol. The molecule has 7 nitrogen and oxygen atoms in total. The smallest absolute Gasteiger partial charge is 0.432 e. The van der Waals surface area contributed by atoms with Crippen molar-refractivity contribution in [1.29, 1.82) is 0 Å². The van der Waals surface area contributed by atoms with Gasteiger partial charge in [0, 0.05) is 29.0 Å². The molecule has 160 valence electrons. The van der Waals surface area contributed by atoms with Crippen LogP contribution in [-0.4, -0.2) is 42.4 Å². The summed E-state index contributed by atoms with van der Waals surface area (Å²) in [6.07, 6.45) is -0.518. The Bertz CT molecular complexity index is 950. The predicted molar refractivity (Wildman–Crippen MR) is 115 cm³/mol. The van der Waals surface area contributed by atoms with Crippen molar-refractivity contribution in [2.75, 3.05) is 19.8 Å². The second kappa shape index (κ2) is 9.40. The molecular weight excluding hydrogens is 404 g/mol. The lowest BCUT2D eigenvalue weighted by Gasteiger charge is -2.32. The number of aryl methyl sites for hydroxylation is 1. The molecule has 2 aromatic rings. The second-order valence-corrected chi connectivity index (χ2v) is 8.70. The van der Waals surface area contributed by atoms with Gasteiger partial charge in [-0.05, 0) is 27.7 Å². The molecule has 0 fully saturated rings. The molecule has 1 N–H and O–H groups in total. The minimum Gasteiger partial charge on any atom is -0.432 e. The van der Waals surface area contributed by atoms with Crippen molar-refractivity contribution in [1.82, 2.24) is 10.3 Å². The molecule has 0 aliphatic carbocycles. The van der Waals surface area contributed by atoms with Crippen LogP contribution in [0, 0.1) is 6.92 Å². The molecule has 2 heterocycles. The summed E-state index contributed by atoms with van der Waals surface area (Å²) >= 11 is 1.49. The Morgan fingerprint density at radius 1 is 1.23 bits per heavy atom. The van der Waals surface area contributed by atoms with Gasteiger partial charge in [-0.3, -0.25) is 4.79 Å². The first-order chi connectivity index (χ1) is 14.3. The third kappa shape index (κ3) is 5.25. The van der Waals surface area contributed by atoms with Gasteiger partial charge in [-0.25, -0.2) is 9.78 Å². The number of nitrogens with zero attached hydrogens (tertiary/aromatic N) is 1. The van der Waals surface area contributed by atoms with Crippen molar-refractivity contribution < 1.29 is 23.8 Å². The number of carbonyl (C=O) groups excluding carboxylic acids is 2. The minimum absolute atomic E-state index is 0.0821. The molecule has 1 amide bonds. The summed E-state index contributed by atoms with van der Waals surface area (Å²) < 4.78 is 15.7. The summed E-state index contributed by atoms with van der Waals surface area (Å²) in [6.45, 7) is 8.40. The van der Waals surface area contributed by atoms with Crippen LogP contribution in [0.15, 0.2) is 36.1 Å². The summed E-state index contributed by atoms with van der Waals surface area (Å²) in [5.74, 6) is -0.0606. The second-order valence-electron chi connectivity index (χ2n) is 7.50. The summed E-state index contributed by atoms with van der Waals surface area (Å²) in [5.41, 5.74) is 1.19. The van der Waals surface area contributed by atoms with Crippen LogP contribution in [0.3, 0.4) is 0 Å². The van der Waals surface area contributed by atoms with Crippen LogP contribution in [0.1, 0.15) is 37.8 Å². The SMILES string of the molecule is CCOCCOC(=O)OC1=C(c2nc(-c3ccccc3)sc2C)C(=O)NC(C)(C)C1. The molecule has 8 heteroatoms. The molecule has 0 bridgehead atoms. The van der Waals surface area contributed by atoms with E-state index in [0.717, 1.165) is 15.4 Å². The normalized spacial score (nSPS) is 15.7. The first kappa shape index (κ1) is 22.0. The highest BCUT2D eigenvalue weighted by molar-refractivity contribution is 7.15. The maximum atomic E-state index is 12.9. The molecule has 0 radical (unpaired) electrons. The lowest BCUT2D eigenvalue weighted by atomic mass is 9.91. The van der Waals surface area contributed by atoms with Crippen LogP contribution < -0.4 is 5.32 Å². The van der Waals surface area contributed by atoms with E-state index >= 15 is 0 Å². The average Bonchev–Trinajstić information content (AvgIpc) is 3.06. The van der Waals surface area contributed by atoms with Gasteiger partial charge < -0.3 is 19.5 Å². The van der Waals surface area contributed by atoms with E-state index in [0.29, 0.717) is 18.7 Å². The zero-order valence-corrected chi connectivity index (χ0v) is 18.4. The number of hydrogen-bond acceptors (Lipinski definition) is 7. The quantitative estimate of drug-likeness (QED) is 0.520. The van der Waals surface area contributed by atoms with Crippen molar-refractivity contribution >= 4 is 29.0 Å². The van der Waals surface area contributed by atoms with Crippen molar-refractivity contribution in [3.8, 4) is 10.6 Å². The zero-order chi connectivity index (χ0) is 21.7. The number of ether oxygens (including phenoxy) is 3. The third-order valence-electron chi connectivity index (χ3n) is 4.47. The van der Waals surface area contributed by atoms with Gasteiger partial charge in [-0.1, -0.05) is 30.3 Å². The maximum Gasteiger partial charge on any atom is 0.513 e. The van der Waals surface area contributed by atoms with E-state index in [1.54, 1.807) is 0 Å². The average molecular weight is 431 g/mol. The van der Waals surface area contributed by atoms with E-state index in [4.69, 9.17) is 19.2 Å². The number of carbonyl (C=O) groups is 2. The molecule has 0 saturated carbocycles. The van der Waals surface area contributed by atoms with Gasteiger partial charge in [0.2, 0.25) is 0 Å². The Hall–Kier alpha value is -2.71. The van der Waals surface area contributed by atoms with Gasteiger partial charge in [-0.2, -0.15) is 0 Å². The van der Waals surface area contributed by atoms with Crippen LogP contribution in [0.4, 0.5) is 4.79 Å². The largest absolute Gasteiger partial charge is 0.513 e. The summed E-state index contributed by atoms with van der Waals surface area (Å²) in [6, 6.07) is 9.75. The summed E-state index contributed by atoms with van der Waals surface area (Å²) in [5, 5.41) is 3.76. The van der Waals surface area contributed by atoms with Crippen LogP contribution in [-0.2, 0) is 19.0 Å². The maximum absolute atomic E-state index is 12.9. The van der Waals surface area contributed by atoms with Gasteiger partial charge in [0.05, 0.1) is 12.3 Å². The van der Waals surface area contributed by atoms with Crippen LogP contribution in [0.5, 0.6) is 0 Å². The fraction of sp³-hybridized carbons (Fsp3) is 0.409. The van der Waals surface area contributed by atoms with E-state index in [1.807, 2.05) is 58.0 Å². The molecule has 1 aliphatic heterocycles. The number of thiazole rings is 1. The van der Waals surface area contributed by atoms with E-state index in [-0.39, 0.29) is 30.5 Å². The lowest BCUT2D eigenvalue weighted by molar-refractivity contribution is -0.117. The highest BCUT2D eigenvalue weighted by atomic mass is 32.1. The zero-order valence-electron chi connectivity index (χ0n) is 17.6. The standard InChI is InChI=1S/C22H26N2O5S/c1-5-27-11-12-28-21(26)29-16-13-22(3,4)24-19(25)17(16)18-14(2)30-20(23-18)15-9-7-6-8-10-15/h6-10H,5,11-13H2,1-4H3,(H,24,25). The Kier molecular flexibility index (Phi) is 6.89. The number of aromatic nitrogens is 1. The van der Waals surface area contributed by atoms with Crippen LogP contribution in [0.2, 0.25) is 0 Å². The number of hydrogen-bond donors (Lipinski definition) is 1. The molecule has 1 aromatic carbocycles. The van der Waals surface area contributed by atoms with Crippen molar-refractivity contribution in [2.24, 2.45) is 0 Å².